The molecule has 0 saturated carbocycles. The van der Waals surface area contributed by atoms with Crippen molar-refractivity contribution in [1.82, 2.24) is 4.90 Å². The predicted molar refractivity (Wildman–Crippen MR) is 139 cm³/mol. The number of hydrogen-bond acceptors (Lipinski definition) is 6. The molecule has 35 heavy (non-hydrogen) atoms. The van der Waals surface area contributed by atoms with Crippen LogP contribution in [0.4, 0.5) is 5.69 Å². The lowest BCUT2D eigenvalue weighted by molar-refractivity contribution is -0.120. The van der Waals surface area contributed by atoms with Gasteiger partial charge in [0.2, 0.25) is 0 Å². The molecule has 2 aromatic carbocycles. The maximum absolute atomic E-state index is 13.2. The van der Waals surface area contributed by atoms with E-state index in [2.05, 4.69) is 4.90 Å². The fourth-order valence-corrected chi connectivity index (χ4v) is 5.97. The monoisotopic (exact) mass is 510 g/mol. The molecule has 0 bridgehead atoms. The number of carbonyl (C=O) groups is 2. The minimum absolute atomic E-state index is 0.0935. The van der Waals surface area contributed by atoms with E-state index in [-0.39, 0.29) is 11.7 Å². The zero-order valence-corrected chi connectivity index (χ0v) is 21.2. The molecule has 0 aliphatic carbocycles. The number of thiophene rings is 1. The summed E-state index contributed by atoms with van der Waals surface area (Å²) in [5, 5.41) is 0.538. The first-order valence-electron chi connectivity index (χ1n) is 11.7. The highest BCUT2D eigenvalue weighted by Crippen LogP contribution is 2.42. The van der Waals surface area contributed by atoms with E-state index in [9.17, 15) is 9.59 Å². The Kier molecular flexibility index (Phi) is 7.20. The van der Waals surface area contributed by atoms with Crippen LogP contribution < -0.4 is 9.64 Å². The van der Waals surface area contributed by atoms with Gasteiger partial charge in [-0.2, -0.15) is 0 Å². The Balaban J connectivity index is 1.35. The van der Waals surface area contributed by atoms with Crippen molar-refractivity contribution in [3.8, 4) is 16.2 Å². The van der Waals surface area contributed by atoms with Gasteiger partial charge in [-0.3, -0.25) is 14.5 Å². The van der Waals surface area contributed by atoms with Gasteiger partial charge in [-0.05, 0) is 41.5 Å². The van der Waals surface area contributed by atoms with Crippen LogP contribution in [0.2, 0.25) is 5.02 Å². The smallest absolute Gasteiger partial charge is 0.268 e. The Morgan fingerprint density at radius 2 is 1.89 bits per heavy atom. The Morgan fingerprint density at radius 1 is 1.09 bits per heavy atom. The molecule has 8 heteroatoms. The summed E-state index contributed by atoms with van der Waals surface area (Å²) in [5.74, 6) is 0.859. The standard InChI is InChI=1S/C27H27ClN2O4S/c1-29(23-5-3-2-4-22(23)28)27(32)25-16-19-8-11-34-24-15-18(6-7-21(24)26(19)35-25)14-20(31)17-30-9-12-33-13-10-30/h2-7,15-16H,8-14,17H2,1H3. The highest BCUT2D eigenvalue weighted by atomic mass is 35.5. The maximum atomic E-state index is 13.2. The molecule has 1 aromatic heterocycles. The van der Waals surface area contributed by atoms with E-state index in [4.69, 9.17) is 21.1 Å². The summed E-state index contributed by atoms with van der Waals surface area (Å²) in [5.41, 5.74) is 3.68. The second-order valence-electron chi connectivity index (χ2n) is 8.81. The van der Waals surface area contributed by atoms with Gasteiger partial charge in [0.15, 0.2) is 5.78 Å². The van der Waals surface area contributed by atoms with E-state index in [0.717, 1.165) is 46.8 Å². The number of halogens is 1. The van der Waals surface area contributed by atoms with Crippen LogP contribution in [0.5, 0.6) is 5.75 Å². The highest BCUT2D eigenvalue weighted by molar-refractivity contribution is 7.17. The molecule has 0 N–H and O–H groups in total. The number of morpholine rings is 1. The van der Waals surface area contributed by atoms with E-state index in [1.807, 2.05) is 42.5 Å². The summed E-state index contributed by atoms with van der Waals surface area (Å²) < 4.78 is 11.4. The Bertz CT molecular complexity index is 1250. The second-order valence-corrected chi connectivity index (χ2v) is 10.3. The largest absolute Gasteiger partial charge is 0.493 e. The Morgan fingerprint density at radius 3 is 2.69 bits per heavy atom. The number of Topliss-reactive ketones (excluding diaryl/α,β-unsaturated/α-hetero) is 1. The second kappa shape index (κ2) is 10.5. The van der Waals surface area contributed by atoms with Crippen LogP contribution in [0.15, 0.2) is 48.5 Å². The van der Waals surface area contributed by atoms with Gasteiger partial charge in [0.1, 0.15) is 5.75 Å². The van der Waals surface area contributed by atoms with Crippen molar-refractivity contribution in [2.75, 3.05) is 51.4 Å². The third-order valence-corrected chi connectivity index (χ3v) is 7.88. The van der Waals surface area contributed by atoms with Gasteiger partial charge >= 0.3 is 0 Å². The van der Waals surface area contributed by atoms with Crippen LogP contribution >= 0.6 is 22.9 Å². The number of hydrogen-bond donors (Lipinski definition) is 0. The summed E-state index contributed by atoms with van der Waals surface area (Å²) in [6.45, 7) is 3.93. The quantitative estimate of drug-likeness (QED) is 0.480. The van der Waals surface area contributed by atoms with Crippen LogP contribution in [0, 0.1) is 0 Å². The van der Waals surface area contributed by atoms with Gasteiger partial charge in [0.05, 0.1) is 42.0 Å². The van der Waals surface area contributed by atoms with Crippen molar-refractivity contribution in [2.24, 2.45) is 0 Å². The number of nitrogens with zero attached hydrogens (tertiary/aromatic N) is 2. The fraction of sp³-hybridized carbons (Fsp3) is 0.333. The molecule has 5 rings (SSSR count). The molecular formula is C27H27ClN2O4S. The number of rotatable bonds is 6. The van der Waals surface area contributed by atoms with Crippen LogP contribution in [0.3, 0.4) is 0 Å². The van der Waals surface area contributed by atoms with E-state index in [1.165, 1.54) is 11.3 Å². The SMILES string of the molecule is CN(C(=O)c1cc2c(s1)-c1ccc(CC(=O)CN3CCOCC3)cc1OCC2)c1ccccc1Cl. The zero-order valence-electron chi connectivity index (χ0n) is 19.6. The minimum Gasteiger partial charge on any atom is -0.493 e. The molecule has 2 aliphatic heterocycles. The molecule has 182 valence electrons. The Hall–Kier alpha value is -2.71. The first-order chi connectivity index (χ1) is 17.0. The molecule has 1 amide bonds. The van der Waals surface area contributed by atoms with Crippen LogP contribution in [0.1, 0.15) is 20.8 Å². The molecule has 3 heterocycles. The number of ketones is 1. The Labute approximate surface area is 214 Å². The van der Waals surface area contributed by atoms with Crippen molar-refractivity contribution >= 4 is 40.3 Å². The molecule has 1 saturated heterocycles. The number of carbonyl (C=O) groups excluding carboxylic acids is 2. The van der Waals surface area contributed by atoms with Crippen molar-refractivity contribution in [3.05, 3.63) is 69.6 Å². The summed E-state index contributed by atoms with van der Waals surface area (Å²) in [6.07, 6.45) is 1.09. The number of benzene rings is 2. The molecule has 3 aromatic rings. The molecule has 0 atom stereocenters. The first-order valence-corrected chi connectivity index (χ1v) is 12.9. The first kappa shape index (κ1) is 24.0. The number of anilines is 1. The fourth-order valence-electron chi connectivity index (χ4n) is 4.49. The average molecular weight is 511 g/mol. The van der Waals surface area contributed by atoms with Crippen LogP contribution in [0.25, 0.3) is 10.4 Å². The van der Waals surface area contributed by atoms with Crippen molar-refractivity contribution < 1.29 is 19.1 Å². The van der Waals surface area contributed by atoms with E-state index in [1.54, 1.807) is 18.0 Å². The minimum atomic E-state index is -0.0935. The van der Waals surface area contributed by atoms with Crippen molar-refractivity contribution in [1.29, 1.82) is 0 Å². The zero-order chi connectivity index (χ0) is 24.4. The topological polar surface area (TPSA) is 59.1 Å². The van der Waals surface area contributed by atoms with Gasteiger partial charge in [-0.15, -0.1) is 11.3 Å². The number of fused-ring (bicyclic) bond motifs is 3. The molecule has 1 fully saturated rings. The van der Waals surface area contributed by atoms with Gasteiger partial charge in [0.25, 0.3) is 5.91 Å². The maximum Gasteiger partial charge on any atom is 0.268 e. The van der Waals surface area contributed by atoms with Gasteiger partial charge in [-0.25, -0.2) is 0 Å². The number of ether oxygens (including phenoxy) is 2. The molecule has 0 radical (unpaired) electrons. The van der Waals surface area contributed by atoms with E-state index in [0.29, 0.717) is 48.4 Å². The average Bonchev–Trinajstić information content (AvgIpc) is 3.20. The normalized spacial score (nSPS) is 15.5. The number of amides is 1. The lowest BCUT2D eigenvalue weighted by Gasteiger charge is -2.25. The van der Waals surface area contributed by atoms with Gasteiger partial charge in [-0.1, -0.05) is 29.8 Å². The highest BCUT2D eigenvalue weighted by Gasteiger charge is 2.24. The predicted octanol–water partition coefficient (Wildman–Crippen LogP) is 4.72. The van der Waals surface area contributed by atoms with Crippen molar-refractivity contribution in [3.63, 3.8) is 0 Å². The molecule has 0 spiro atoms. The number of para-hydroxylation sites is 1. The summed E-state index contributed by atoms with van der Waals surface area (Å²) in [7, 11) is 1.74. The van der Waals surface area contributed by atoms with Gasteiger partial charge < -0.3 is 14.4 Å². The molecule has 0 unspecified atom stereocenters. The van der Waals surface area contributed by atoms with Crippen LogP contribution in [-0.2, 0) is 22.4 Å². The third kappa shape index (κ3) is 5.28. The third-order valence-electron chi connectivity index (χ3n) is 6.36. The lowest BCUT2D eigenvalue weighted by Crippen LogP contribution is -2.39. The summed E-state index contributed by atoms with van der Waals surface area (Å²) >= 11 is 7.78. The van der Waals surface area contributed by atoms with E-state index < -0.39 is 0 Å². The molecule has 6 nitrogen and oxygen atoms in total. The molecular weight excluding hydrogens is 484 g/mol. The lowest BCUT2D eigenvalue weighted by atomic mass is 10.0. The van der Waals surface area contributed by atoms with Crippen LogP contribution in [-0.4, -0.2) is 63.1 Å². The van der Waals surface area contributed by atoms with Crippen molar-refractivity contribution in [2.45, 2.75) is 12.8 Å². The summed E-state index contributed by atoms with van der Waals surface area (Å²) in [4.78, 5) is 31.3. The van der Waals surface area contributed by atoms with E-state index >= 15 is 0 Å². The summed E-state index contributed by atoms with van der Waals surface area (Å²) in [6, 6.07) is 15.3. The van der Waals surface area contributed by atoms with Gasteiger partial charge in [0, 0.05) is 43.4 Å². The molecule has 2 aliphatic rings.